The average Bonchev–Trinajstić information content (AvgIpc) is 2.98. The summed E-state index contributed by atoms with van der Waals surface area (Å²) in [5.74, 6) is 2.31. The molecule has 1 aliphatic heterocycles. The minimum Gasteiger partial charge on any atom is -0.486 e. The molecule has 0 unspecified atom stereocenters. The number of aromatic nitrogens is 4. The Kier molecular flexibility index (Phi) is 2.26. The van der Waals surface area contributed by atoms with E-state index >= 15 is 0 Å². The first-order chi connectivity index (χ1) is 9.70. The van der Waals surface area contributed by atoms with Gasteiger partial charge in [0.1, 0.15) is 18.9 Å². The SMILES string of the molecule is Cc1cc(-c2nc3cc4c(cc3[nH]2)OCCO4)n(C)n1. The topological polar surface area (TPSA) is 65.0 Å². The Balaban J connectivity index is 1.88. The fourth-order valence-electron chi connectivity index (χ4n) is 2.50. The summed E-state index contributed by atoms with van der Waals surface area (Å²) in [6, 6.07) is 5.85. The molecule has 0 saturated carbocycles. The van der Waals surface area contributed by atoms with Crippen LogP contribution in [0.1, 0.15) is 5.69 Å². The molecule has 0 spiro atoms. The molecule has 102 valence electrons. The molecule has 6 heteroatoms. The summed E-state index contributed by atoms with van der Waals surface area (Å²) < 4.78 is 13.0. The third kappa shape index (κ3) is 1.65. The van der Waals surface area contributed by atoms with Crippen molar-refractivity contribution in [3.05, 3.63) is 23.9 Å². The van der Waals surface area contributed by atoms with Gasteiger partial charge in [0.2, 0.25) is 0 Å². The number of H-pyrrole nitrogens is 1. The predicted octanol–water partition coefficient (Wildman–Crippen LogP) is 2.04. The van der Waals surface area contributed by atoms with Gasteiger partial charge in [-0.05, 0) is 13.0 Å². The summed E-state index contributed by atoms with van der Waals surface area (Å²) in [6.07, 6.45) is 0. The van der Waals surface area contributed by atoms with Crippen molar-refractivity contribution < 1.29 is 9.47 Å². The molecule has 0 radical (unpaired) electrons. The number of nitrogens with zero attached hydrogens (tertiary/aromatic N) is 3. The van der Waals surface area contributed by atoms with E-state index < -0.39 is 0 Å². The Morgan fingerprint density at radius 3 is 2.60 bits per heavy atom. The summed E-state index contributed by atoms with van der Waals surface area (Å²) in [6.45, 7) is 3.13. The van der Waals surface area contributed by atoms with Gasteiger partial charge in [0.15, 0.2) is 17.3 Å². The van der Waals surface area contributed by atoms with Gasteiger partial charge in [-0.1, -0.05) is 0 Å². The highest BCUT2D eigenvalue weighted by Crippen LogP contribution is 2.34. The highest BCUT2D eigenvalue weighted by atomic mass is 16.6. The predicted molar refractivity (Wildman–Crippen MR) is 74.0 cm³/mol. The van der Waals surface area contributed by atoms with Gasteiger partial charge >= 0.3 is 0 Å². The zero-order valence-electron chi connectivity index (χ0n) is 11.3. The van der Waals surface area contributed by atoms with Crippen molar-refractivity contribution in [1.29, 1.82) is 0 Å². The monoisotopic (exact) mass is 270 g/mol. The van der Waals surface area contributed by atoms with E-state index in [9.17, 15) is 0 Å². The van der Waals surface area contributed by atoms with E-state index in [2.05, 4.69) is 15.1 Å². The number of hydrogen-bond donors (Lipinski definition) is 1. The molecule has 0 saturated heterocycles. The van der Waals surface area contributed by atoms with E-state index in [1.807, 2.05) is 36.9 Å². The largest absolute Gasteiger partial charge is 0.486 e. The third-order valence-corrected chi connectivity index (χ3v) is 3.39. The van der Waals surface area contributed by atoms with E-state index in [0.29, 0.717) is 13.2 Å². The summed E-state index contributed by atoms with van der Waals surface area (Å²) in [5, 5.41) is 4.34. The molecule has 4 rings (SSSR count). The minimum absolute atomic E-state index is 0.580. The lowest BCUT2D eigenvalue weighted by molar-refractivity contribution is 0.172. The Labute approximate surface area is 115 Å². The van der Waals surface area contributed by atoms with Crippen LogP contribution in [-0.2, 0) is 7.05 Å². The number of ether oxygens (including phenoxy) is 2. The van der Waals surface area contributed by atoms with Gasteiger partial charge in [0, 0.05) is 19.2 Å². The number of hydrogen-bond acceptors (Lipinski definition) is 4. The second-order valence-electron chi connectivity index (χ2n) is 4.89. The maximum Gasteiger partial charge on any atom is 0.163 e. The van der Waals surface area contributed by atoms with Gasteiger partial charge < -0.3 is 14.5 Å². The molecule has 0 amide bonds. The molecule has 3 heterocycles. The molecule has 0 bridgehead atoms. The van der Waals surface area contributed by atoms with Gasteiger partial charge in [-0.25, -0.2) is 4.98 Å². The smallest absolute Gasteiger partial charge is 0.163 e. The van der Waals surface area contributed by atoms with Crippen molar-refractivity contribution in [2.45, 2.75) is 6.92 Å². The lowest BCUT2D eigenvalue weighted by Gasteiger charge is -2.17. The number of nitrogens with one attached hydrogen (secondary N) is 1. The first-order valence-corrected chi connectivity index (χ1v) is 6.51. The number of aryl methyl sites for hydroxylation is 2. The Morgan fingerprint density at radius 2 is 1.90 bits per heavy atom. The molecule has 1 N–H and O–H groups in total. The number of imidazole rings is 1. The molecular weight excluding hydrogens is 256 g/mol. The van der Waals surface area contributed by atoms with Gasteiger partial charge in [0.25, 0.3) is 0 Å². The van der Waals surface area contributed by atoms with Crippen molar-refractivity contribution in [3.63, 3.8) is 0 Å². The molecule has 1 aromatic carbocycles. The standard InChI is InChI=1S/C14H14N4O2/c1-8-5-11(18(2)17-8)14-15-9-6-12-13(7-10(9)16-14)20-4-3-19-12/h5-7H,3-4H2,1-2H3,(H,15,16). The highest BCUT2D eigenvalue weighted by Gasteiger charge is 2.16. The van der Waals surface area contributed by atoms with Crippen LogP contribution in [0.4, 0.5) is 0 Å². The third-order valence-electron chi connectivity index (χ3n) is 3.39. The van der Waals surface area contributed by atoms with Crippen LogP contribution >= 0.6 is 0 Å². The maximum atomic E-state index is 5.58. The molecule has 2 aromatic heterocycles. The summed E-state index contributed by atoms with van der Waals surface area (Å²) >= 11 is 0. The van der Waals surface area contributed by atoms with E-state index in [1.165, 1.54) is 0 Å². The van der Waals surface area contributed by atoms with Crippen LogP contribution in [0.2, 0.25) is 0 Å². The molecule has 0 atom stereocenters. The van der Waals surface area contributed by atoms with Crippen molar-refractivity contribution in [3.8, 4) is 23.0 Å². The Hall–Kier alpha value is -2.50. The van der Waals surface area contributed by atoms with E-state index in [4.69, 9.17) is 9.47 Å². The van der Waals surface area contributed by atoms with Crippen molar-refractivity contribution in [1.82, 2.24) is 19.7 Å². The average molecular weight is 270 g/mol. The fraction of sp³-hybridized carbons (Fsp3) is 0.286. The van der Waals surface area contributed by atoms with E-state index in [-0.39, 0.29) is 0 Å². The second kappa shape index (κ2) is 4.00. The zero-order valence-corrected chi connectivity index (χ0v) is 11.3. The van der Waals surface area contributed by atoms with Crippen LogP contribution in [0.3, 0.4) is 0 Å². The second-order valence-corrected chi connectivity index (χ2v) is 4.89. The summed E-state index contributed by atoms with van der Waals surface area (Å²) in [7, 11) is 1.91. The summed E-state index contributed by atoms with van der Waals surface area (Å²) in [4.78, 5) is 7.92. The van der Waals surface area contributed by atoms with Gasteiger partial charge in [-0.3, -0.25) is 4.68 Å². The lowest BCUT2D eigenvalue weighted by atomic mass is 10.2. The number of rotatable bonds is 1. The van der Waals surface area contributed by atoms with Crippen LogP contribution < -0.4 is 9.47 Å². The van der Waals surface area contributed by atoms with Gasteiger partial charge in [0.05, 0.1) is 16.7 Å². The van der Waals surface area contributed by atoms with E-state index in [1.54, 1.807) is 0 Å². The van der Waals surface area contributed by atoms with Crippen LogP contribution in [0.25, 0.3) is 22.6 Å². The maximum absolute atomic E-state index is 5.58. The molecule has 0 fully saturated rings. The van der Waals surface area contributed by atoms with Gasteiger partial charge in [-0.2, -0.15) is 5.10 Å². The van der Waals surface area contributed by atoms with Crippen LogP contribution in [0.15, 0.2) is 18.2 Å². The first kappa shape index (κ1) is 11.3. The van der Waals surface area contributed by atoms with Crippen molar-refractivity contribution >= 4 is 11.0 Å². The Morgan fingerprint density at radius 1 is 1.15 bits per heavy atom. The molecule has 0 aliphatic carbocycles. The van der Waals surface area contributed by atoms with E-state index in [0.717, 1.165) is 39.7 Å². The molecule has 20 heavy (non-hydrogen) atoms. The normalized spacial score (nSPS) is 13.9. The van der Waals surface area contributed by atoms with Crippen LogP contribution in [-0.4, -0.2) is 33.0 Å². The van der Waals surface area contributed by atoms with Gasteiger partial charge in [-0.15, -0.1) is 0 Å². The minimum atomic E-state index is 0.580. The quantitative estimate of drug-likeness (QED) is 0.735. The zero-order chi connectivity index (χ0) is 13.7. The summed E-state index contributed by atoms with van der Waals surface area (Å²) in [5.41, 5.74) is 3.72. The fourth-order valence-corrected chi connectivity index (χ4v) is 2.50. The number of benzene rings is 1. The molecule has 6 nitrogen and oxygen atoms in total. The highest BCUT2D eigenvalue weighted by molar-refractivity contribution is 5.82. The lowest BCUT2D eigenvalue weighted by Crippen LogP contribution is -2.15. The van der Waals surface area contributed by atoms with Crippen molar-refractivity contribution in [2.75, 3.05) is 13.2 Å². The molecule has 3 aromatic rings. The molecule has 1 aliphatic rings. The first-order valence-electron chi connectivity index (χ1n) is 6.51. The van der Waals surface area contributed by atoms with Crippen LogP contribution in [0.5, 0.6) is 11.5 Å². The number of fused-ring (bicyclic) bond motifs is 2. The van der Waals surface area contributed by atoms with Crippen LogP contribution in [0, 0.1) is 6.92 Å². The van der Waals surface area contributed by atoms with Crippen molar-refractivity contribution in [2.24, 2.45) is 7.05 Å². The molecular formula is C14H14N4O2. The number of aromatic amines is 1. The Bertz CT molecular complexity index is 760.